The number of rotatable bonds is 5. The molecule has 0 aromatic carbocycles. The van der Waals surface area contributed by atoms with Crippen molar-refractivity contribution in [3.63, 3.8) is 0 Å². The SMILES string of the molecule is CCC(C)CN(CC)c1ccc(N)cn1. The molecule has 0 spiro atoms. The minimum atomic E-state index is 0.698. The van der Waals surface area contributed by atoms with Crippen molar-refractivity contribution in [3.05, 3.63) is 18.3 Å². The molecule has 0 fully saturated rings. The van der Waals surface area contributed by atoms with Gasteiger partial charge in [0.1, 0.15) is 5.82 Å². The summed E-state index contributed by atoms with van der Waals surface area (Å²) in [5, 5.41) is 0. The maximum atomic E-state index is 5.61. The Morgan fingerprint density at radius 3 is 2.60 bits per heavy atom. The van der Waals surface area contributed by atoms with E-state index < -0.39 is 0 Å². The molecule has 1 unspecified atom stereocenters. The standard InChI is InChI=1S/C12H21N3/c1-4-10(3)9-15(5-2)12-7-6-11(13)8-14-12/h6-8,10H,4-5,9,13H2,1-3H3. The van der Waals surface area contributed by atoms with Gasteiger partial charge in [-0.25, -0.2) is 4.98 Å². The van der Waals surface area contributed by atoms with E-state index in [1.807, 2.05) is 12.1 Å². The number of nitrogens with two attached hydrogens (primary N) is 1. The van der Waals surface area contributed by atoms with Crippen molar-refractivity contribution in [3.8, 4) is 0 Å². The van der Waals surface area contributed by atoms with Gasteiger partial charge in [-0.15, -0.1) is 0 Å². The van der Waals surface area contributed by atoms with Gasteiger partial charge >= 0.3 is 0 Å². The lowest BCUT2D eigenvalue weighted by Gasteiger charge is -2.25. The fourth-order valence-electron chi connectivity index (χ4n) is 1.47. The molecule has 0 bridgehead atoms. The van der Waals surface area contributed by atoms with Crippen molar-refractivity contribution >= 4 is 11.5 Å². The Labute approximate surface area is 92.3 Å². The van der Waals surface area contributed by atoms with Gasteiger partial charge in [0.25, 0.3) is 0 Å². The first-order chi connectivity index (χ1) is 7.17. The molecule has 0 saturated carbocycles. The van der Waals surface area contributed by atoms with Crippen LogP contribution < -0.4 is 10.6 Å². The molecule has 0 radical (unpaired) electrons. The summed E-state index contributed by atoms with van der Waals surface area (Å²) in [6.07, 6.45) is 2.92. The summed E-state index contributed by atoms with van der Waals surface area (Å²) in [5.41, 5.74) is 6.34. The van der Waals surface area contributed by atoms with Crippen LogP contribution in [0.3, 0.4) is 0 Å². The van der Waals surface area contributed by atoms with Crippen LogP contribution in [-0.4, -0.2) is 18.1 Å². The number of nitrogens with zero attached hydrogens (tertiary/aromatic N) is 2. The zero-order chi connectivity index (χ0) is 11.3. The molecule has 1 aromatic heterocycles. The minimum absolute atomic E-state index is 0.698. The lowest BCUT2D eigenvalue weighted by Crippen LogP contribution is -2.28. The van der Waals surface area contributed by atoms with Crippen molar-refractivity contribution < 1.29 is 0 Å². The van der Waals surface area contributed by atoms with Gasteiger partial charge in [-0.1, -0.05) is 20.3 Å². The third-order valence-corrected chi connectivity index (χ3v) is 2.71. The topological polar surface area (TPSA) is 42.1 Å². The molecule has 1 atom stereocenters. The third kappa shape index (κ3) is 3.42. The van der Waals surface area contributed by atoms with E-state index in [1.54, 1.807) is 6.20 Å². The average molecular weight is 207 g/mol. The van der Waals surface area contributed by atoms with E-state index in [-0.39, 0.29) is 0 Å². The second-order valence-electron chi connectivity index (χ2n) is 4.00. The maximum absolute atomic E-state index is 5.61. The lowest BCUT2D eigenvalue weighted by atomic mass is 10.1. The van der Waals surface area contributed by atoms with Crippen molar-refractivity contribution in [1.82, 2.24) is 4.98 Å². The fourth-order valence-corrected chi connectivity index (χ4v) is 1.47. The fraction of sp³-hybridized carbons (Fsp3) is 0.583. The van der Waals surface area contributed by atoms with Crippen LogP contribution in [0.25, 0.3) is 0 Å². The van der Waals surface area contributed by atoms with Gasteiger partial charge in [-0.2, -0.15) is 0 Å². The lowest BCUT2D eigenvalue weighted by molar-refractivity contribution is 0.545. The predicted molar refractivity (Wildman–Crippen MR) is 66.0 cm³/mol. The quantitative estimate of drug-likeness (QED) is 0.806. The summed E-state index contributed by atoms with van der Waals surface area (Å²) in [6, 6.07) is 3.89. The molecular weight excluding hydrogens is 186 g/mol. The monoisotopic (exact) mass is 207 g/mol. The minimum Gasteiger partial charge on any atom is -0.397 e. The first kappa shape index (κ1) is 11.8. The number of hydrogen-bond donors (Lipinski definition) is 1. The molecule has 1 rings (SSSR count). The Balaban J connectivity index is 2.69. The first-order valence-electron chi connectivity index (χ1n) is 5.63. The van der Waals surface area contributed by atoms with E-state index in [0.717, 1.165) is 24.6 Å². The van der Waals surface area contributed by atoms with Crippen LogP contribution in [0.1, 0.15) is 27.2 Å². The Morgan fingerprint density at radius 1 is 1.40 bits per heavy atom. The normalized spacial score (nSPS) is 12.5. The summed E-state index contributed by atoms with van der Waals surface area (Å²) in [4.78, 5) is 6.62. The Hall–Kier alpha value is -1.25. The molecule has 0 amide bonds. The molecule has 2 N–H and O–H groups in total. The number of hydrogen-bond acceptors (Lipinski definition) is 3. The Morgan fingerprint density at radius 2 is 2.13 bits per heavy atom. The highest BCUT2D eigenvalue weighted by Crippen LogP contribution is 2.14. The van der Waals surface area contributed by atoms with Crippen molar-refractivity contribution in [2.24, 2.45) is 5.92 Å². The smallest absolute Gasteiger partial charge is 0.128 e. The van der Waals surface area contributed by atoms with Crippen LogP contribution >= 0.6 is 0 Å². The molecule has 15 heavy (non-hydrogen) atoms. The van der Waals surface area contributed by atoms with Gasteiger partial charge in [-0.05, 0) is 25.0 Å². The van der Waals surface area contributed by atoms with Crippen LogP contribution in [0.2, 0.25) is 0 Å². The molecule has 3 nitrogen and oxygen atoms in total. The molecule has 1 aromatic rings. The molecule has 84 valence electrons. The molecule has 3 heteroatoms. The van der Waals surface area contributed by atoms with Crippen molar-refractivity contribution in [2.45, 2.75) is 27.2 Å². The highest BCUT2D eigenvalue weighted by atomic mass is 15.2. The van der Waals surface area contributed by atoms with Crippen molar-refractivity contribution in [1.29, 1.82) is 0 Å². The van der Waals surface area contributed by atoms with E-state index in [2.05, 4.69) is 30.7 Å². The zero-order valence-corrected chi connectivity index (χ0v) is 9.90. The summed E-state index contributed by atoms with van der Waals surface area (Å²) in [5.74, 6) is 1.72. The number of nitrogen functional groups attached to an aromatic ring is 1. The molecule has 1 heterocycles. The van der Waals surface area contributed by atoms with Gasteiger partial charge in [0.15, 0.2) is 0 Å². The maximum Gasteiger partial charge on any atom is 0.128 e. The van der Waals surface area contributed by atoms with Crippen LogP contribution in [0.4, 0.5) is 11.5 Å². The first-order valence-corrected chi connectivity index (χ1v) is 5.63. The summed E-state index contributed by atoms with van der Waals surface area (Å²) in [6.45, 7) is 8.68. The Kier molecular flexibility index (Phi) is 4.40. The molecule has 0 aliphatic carbocycles. The van der Waals surface area contributed by atoms with Crippen LogP contribution in [0, 0.1) is 5.92 Å². The molecule has 0 aliphatic heterocycles. The van der Waals surface area contributed by atoms with Crippen LogP contribution in [0.5, 0.6) is 0 Å². The highest BCUT2D eigenvalue weighted by molar-refractivity contribution is 5.45. The molecular formula is C12H21N3. The summed E-state index contributed by atoms with van der Waals surface area (Å²) in [7, 11) is 0. The van der Waals surface area contributed by atoms with E-state index in [1.165, 1.54) is 6.42 Å². The van der Waals surface area contributed by atoms with Crippen LogP contribution in [0.15, 0.2) is 18.3 Å². The Bertz CT molecular complexity index is 281. The van der Waals surface area contributed by atoms with E-state index in [0.29, 0.717) is 5.92 Å². The van der Waals surface area contributed by atoms with Gasteiger partial charge in [0.2, 0.25) is 0 Å². The van der Waals surface area contributed by atoms with Gasteiger partial charge in [-0.3, -0.25) is 0 Å². The molecule has 0 saturated heterocycles. The summed E-state index contributed by atoms with van der Waals surface area (Å²) >= 11 is 0. The predicted octanol–water partition coefficient (Wildman–Crippen LogP) is 2.54. The second-order valence-corrected chi connectivity index (χ2v) is 4.00. The number of aromatic nitrogens is 1. The molecule has 0 aliphatic rings. The largest absolute Gasteiger partial charge is 0.397 e. The van der Waals surface area contributed by atoms with Gasteiger partial charge < -0.3 is 10.6 Å². The van der Waals surface area contributed by atoms with Gasteiger partial charge in [0.05, 0.1) is 11.9 Å². The highest BCUT2D eigenvalue weighted by Gasteiger charge is 2.08. The van der Waals surface area contributed by atoms with E-state index in [4.69, 9.17) is 5.73 Å². The third-order valence-electron chi connectivity index (χ3n) is 2.71. The number of anilines is 2. The average Bonchev–Trinajstić information content (AvgIpc) is 2.27. The van der Waals surface area contributed by atoms with E-state index >= 15 is 0 Å². The summed E-state index contributed by atoms with van der Waals surface area (Å²) < 4.78 is 0. The van der Waals surface area contributed by atoms with Crippen LogP contribution in [-0.2, 0) is 0 Å². The van der Waals surface area contributed by atoms with E-state index in [9.17, 15) is 0 Å². The second kappa shape index (κ2) is 5.59. The zero-order valence-electron chi connectivity index (χ0n) is 9.90. The van der Waals surface area contributed by atoms with Gasteiger partial charge in [0, 0.05) is 13.1 Å². The number of pyridine rings is 1. The van der Waals surface area contributed by atoms with Crippen molar-refractivity contribution in [2.75, 3.05) is 23.7 Å².